The van der Waals surface area contributed by atoms with E-state index in [1.54, 1.807) is 0 Å². The van der Waals surface area contributed by atoms with Crippen LogP contribution in [0.3, 0.4) is 0 Å². The van der Waals surface area contributed by atoms with E-state index in [0.717, 1.165) is 41.7 Å². The molecule has 0 radical (unpaired) electrons. The van der Waals surface area contributed by atoms with Gasteiger partial charge < -0.3 is 9.64 Å². The van der Waals surface area contributed by atoms with Crippen LogP contribution in [0.15, 0.2) is 60.7 Å². The monoisotopic (exact) mass is 373 g/mol. The maximum Gasteiger partial charge on any atom is 0.340 e. The van der Waals surface area contributed by atoms with Gasteiger partial charge in [0.05, 0.1) is 31.3 Å². The number of fused-ring (bicyclic) bond motifs is 1. The first-order valence-corrected chi connectivity index (χ1v) is 9.72. The van der Waals surface area contributed by atoms with E-state index in [4.69, 9.17) is 9.72 Å². The van der Waals surface area contributed by atoms with Gasteiger partial charge in [-0.1, -0.05) is 48.5 Å². The van der Waals surface area contributed by atoms with Gasteiger partial charge in [0.2, 0.25) is 0 Å². The molecule has 2 aromatic carbocycles. The molecule has 1 aromatic heterocycles. The number of esters is 1. The van der Waals surface area contributed by atoms with Crippen LogP contribution in [0.4, 0.5) is 0 Å². The SMILES string of the molecule is COC(=O)c1c(C[NH+]2CC=C(c3ccccc3)CC2)nc2ccccc2c1C. The summed E-state index contributed by atoms with van der Waals surface area (Å²) in [5.41, 5.74) is 6.03. The van der Waals surface area contributed by atoms with Crippen LogP contribution in [0.1, 0.15) is 33.6 Å². The molecule has 1 atom stereocenters. The number of aromatic nitrogens is 1. The largest absolute Gasteiger partial charge is 0.465 e. The molecule has 4 nitrogen and oxygen atoms in total. The summed E-state index contributed by atoms with van der Waals surface area (Å²) < 4.78 is 5.07. The van der Waals surface area contributed by atoms with Crippen molar-refractivity contribution in [1.82, 2.24) is 4.98 Å². The van der Waals surface area contributed by atoms with Gasteiger partial charge in [-0.25, -0.2) is 9.78 Å². The first kappa shape index (κ1) is 18.4. The van der Waals surface area contributed by atoms with Crippen molar-refractivity contribution in [3.63, 3.8) is 0 Å². The van der Waals surface area contributed by atoms with E-state index < -0.39 is 0 Å². The molecule has 1 unspecified atom stereocenters. The van der Waals surface area contributed by atoms with Crippen LogP contribution in [0.2, 0.25) is 0 Å². The summed E-state index contributed by atoms with van der Waals surface area (Å²) in [6.07, 6.45) is 3.35. The Morgan fingerprint density at radius 1 is 1.11 bits per heavy atom. The van der Waals surface area contributed by atoms with Crippen molar-refractivity contribution < 1.29 is 14.4 Å². The van der Waals surface area contributed by atoms with E-state index in [0.29, 0.717) is 12.1 Å². The lowest BCUT2D eigenvalue weighted by Crippen LogP contribution is -3.11. The zero-order valence-corrected chi connectivity index (χ0v) is 16.4. The number of nitrogens with zero attached hydrogens (tertiary/aromatic N) is 1. The van der Waals surface area contributed by atoms with Crippen molar-refractivity contribution in [2.45, 2.75) is 19.9 Å². The number of quaternary nitrogens is 1. The van der Waals surface area contributed by atoms with Crippen LogP contribution < -0.4 is 4.90 Å². The number of para-hydroxylation sites is 1. The molecule has 1 aliphatic heterocycles. The number of rotatable bonds is 4. The van der Waals surface area contributed by atoms with Crippen LogP contribution in [0.5, 0.6) is 0 Å². The molecular formula is C24H25N2O2+. The molecule has 1 N–H and O–H groups in total. The molecular weight excluding hydrogens is 348 g/mol. The van der Waals surface area contributed by atoms with E-state index >= 15 is 0 Å². The zero-order chi connectivity index (χ0) is 19.5. The third-order valence-corrected chi connectivity index (χ3v) is 5.56. The zero-order valence-electron chi connectivity index (χ0n) is 16.4. The van der Waals surface area contributed by atoms with Crippen molar-refractivity contribution in [3.8, 4) is 0 Å². The molecule has 3 aromatic rings. The fraction of sp³-hybridized carbons (Fsp3) is 0.250. The molecule has 1 aliphatic rings. The van der Waals surface area contributed by atoms with Gasteiger partial charge in [-0.2, -0.15) is 0 Å². The molecule has 0 spiro atoms. The molecule has 142 valence electrons. The quantitative estimate of drug-likeness (QED) is 0.714. The van der Waals surface area contributed by atoms with E-state index in [-0.39, 0.29) is 5.97 Å². The Morgan fingerprint density at radius 2 is 1.86 bits per heavy atom. The highest BCUT2D eigenvalue weighted by Gasteiger charge is 2.24. The molecule has 0 aliphatic carbocycles. The van der Waals surface area contributed by atoms with Gasteiger partial charge in [0.25, 0.3) is 0 Å². The number of ether oxygens (including phenoxy) is 1. The Kier molecular flexibility index (Phi) is 5.22. The third-order valence-electron chi connectivity index (χ3n) is 5.56. The number of benzene rings is 2. The van der Waals surface area contributed by atoms with Gasteiger partial charge >= 0.3 is 5.97 Å². The Labute approximate surface area is 165 Å². The van der Waals surface area contributed by atoms with Crippen molar-refractivity contribution in [2.75, 3.05) is 20.2 Å². The number of aryl methyl sites for hydroxylation is 1. The Bertz CT molecular complexity index is 1040. The average Bonchev–Trinajstić information content (AvgIpc) is 2.75. The highest BCUT2D eigenvalue weighted by Crippen LogP contribution is 2.24. The molecule has 4 heteroatoms. The Morgan fingerprint density at radius 3 is 2.57 bits per heavy atom. The molecule has 0 amide bonds. The summed E-state index contributed by atoms with van der Waals surface area (Å²) in [5, 5.41) is 1.01. The fourth-order valence-corrected chi connectivity index (χ4v) is 4.04. The van der Waals surface area contributed by atoms with E-state index in [2.05, 4.69) is 30.3 Å². The smallest absolute Gasteiger partial charge is 0.340 e. The summed E-state index contributed by atoms with van der Waals surface area (Å²) in [6, 6.07) is 18.5. The van der Waals surface area contributed by atoms with Gasteiger partial charge in [-0.05, 0) is 35.8 Å². The minimum Gasteiger partial charge on any atom is -0.465 e. The predicted octanol–water partition coefficient (Wildman–Crippen LogP) is 3.20. The minimum atomic E-state index is -0.303. The van der Waals surface area contributed by atoms with Crippen molar-refractivity contribution in [3.05, 3.63) is 83.1 Å². The lowest BCUT2D eigenvalue weighted by molar-refractivity contribution is -0.909. The number of hydrogen-bond acceptors (Lipinski definition) is 3. The number of pyridine rings is 1. The molecule has 0 fully saturated rings. The summed E-state index contributed by atoms with van der Waals surface area (Å²) in [4.78, 5) is 18.7. The second-order valence-electron chi connectivity index (χ2n) is 7.29. The highest BCUT2D eigenvalue weighted by molar-refractivity contribution is 5.98. The van der Waals surface area contributed by atoms with Gasteiger partial charge in [-0.3, -0.25) is 0 Å². The number of methoxy groups -OCH3 is 1. The molecule has 0 saturated carbocycles. The highest BCUT2D eigenvalue weighted by atomic mass is 16.5. The second-order valence-corrected chi connectivity index (χ2v) is 7.29. The van der Waals surface area contributed by atoms with Crippen molar-refractivity contribution in [1.29, 1.82) is 0 Å². The van der Waals surface area contributed by atoms with Gasteiger partial charge in [0, 0.05) is 11.8 Å². The normalized spacial score (nSPS) is 16.6. The molecule has 4 rings (SSSR count). The van der Waals surface area contributed by atoms with E-state index in [1.165, 1.54) is 23.1 Å². The lowest BCUT2D eigenvalue weighted by atomic mass is 9.98. The Balaban J connectivity index is 1.63. The van der Waals surface area contributed by atoms with Gasteiger partial charge in [-0.15, -0.1) is 0 Å². The summed E-state index contributed by atoms with van der Waals surface area (Å²) in [7, 11) is 1.43. The topological polar surface area (TPSA) is 43.6 Å². The summed E-state index contributed by atoms with van der Waals surface area (Å²) in [6.45, 7) is 4.65. The standard InChI is InChI=1S/C24H24N2O2/c1-17-20-10-6-7-11-21(20)25-22(23(17)24(27)28-2)16-26-14-12-19(13-15-26)18-8-4-3-5-9-18/h3-12H,13-16H2,1-2H3/p+1. The first-order valence-electron chi connectivity index (χ1n) is 9.72. The second kappa shape index (κ2) is 7.95. The van der Waals surface area contributed by atoms with E-state index in [1.807, 2.05) is 37.3 Å². The predicted molar refractivity (Wildman–Crippen MR) is 111 cm³/mol. The number of carbonyl (C=O) groups excluding carboxylic acids is 1. The molecule has 0 bridgehead atoms. The van der Waals surface area contributed by atoms with Crippen LogP contribution in [0, 0.1) is 6.92 Å². The van der Waals surface area contributed by atoms with Crippen molar-refractivity contribution in [2.24, 2.45) is 0 Å². The van der Waals surface area contributed by atoms with Crippen LogP contribution in [-0.2, 0) is 11.3 Å². The lowest BCUT2D eigenvalue weighted by Gasteiger charge is -2.24. The van der Waals surface area contributed by atoms with Crippen LogP contribution in [0.25, 0.3) is 16.5 Å². The maximum absolute atomic E-state index is 12.5. The minimum absolute atomic E-state index is 0.303. The third kappa shape index (κ3) is 3.56. The summed E-state index contributed by atoms with van der Waals surface area (Å²) >= 11 is 0. The maximum atomic E-state index is 12.5. The van der Waals surface area contributed by atoms with E-state index in [9.17, 15) is 4.79 Å². The fourth-order valence-electron chi connectivity index (χ4n) is 4.04. The average molecular weight is 373 g/mol. The van der Waals surface area contributed by atoms with Crippen LogP contribution in [-0.4, -0.2) is 31.2 Å². The molecule has 2 heterocycles. The molecule has 0 saturated heterocycles. The number of hydrogen-bond donors (Lipinski definition) is 1. The molecule has 28 heavy (non-hydrogen) atoms. The van der Waals surface area contributed by atoms with Crippen molar-refractivity contribution >= 4 is 22.4 Å². The van der Waals surface area contributed by atoms with Gasteiger partial charge in [0.15, 0.2) is 0 Å². The van der Waals surface area contributed by atoms with Crippen LogP contribution >= 0.6 is 0 Å². The number of carbonyl (C=O) groups is 1. The number of nitrogens with one attached hydrogen (secondary N) is 1. The Hall–Kier alpha value is -2.98. The first-order chi connectivity index (χ1) is 13.7. The summed E-state index contributed by atoms with van der Waals surface area (Å²) in [5.74, 6) is -0.303. The van der Waals surface area contributed by atoms with Gasteiger partial charge in [0.1, 0.15) is 12.2 Å².